The third kappa shape index (κ3) is 1.94. The van der Waals surface area contributed by atoms with Crippen molar-refractivity contribution >= 4 is 21.5 Å². The minimum absolute atomic E-state index is 0.346. The zero-order chi connectivity index (χ0) is 11.8. The van der Waals surface area contributed by atoms with E-state index in [-0.39, 0.29) is 0 Å². The SMILES string of the molecule is FC1=CC(c2ccccc2)=C[C@@H](F)[C@@]1(F)Br. The van der Waals surface area contributed by atoms with E-state index in [9.17, 15) is 13.2 Å². The topological polar surface area (TPSA) is 0 Å². The molecule has 0 unspecified atom stereocenters. The molecule has 2 rings (SSSR count). The monoisotopic (exact) mass is 288 g/mol. The van der Waals surface area contributed by atoms with Gasteiger partial charge in [0.2, 0.25) is 4.58 Å². The first-order chi connectivity index (χ1) is 7.51. The number of benzene rings is 1. The summed E-state index contributed by atoms with van der Waals surface area (Å²) in [6, 6.07) is 8.72. The fourth-order valence-corrected chi connectivity index (χ4v) is 1.73. The summed E-state index contributed by atoms with van der Waals surface area (Å²) < 4.78 is 37.3. The first kappa shape index (κ1) is 11.5. The van der Waals surface area contributed by atoms with Crippen LogP contribution in [0.25, 0.3) is 5.57 Å². The van der Waals surface area contributed by atoms with Crippen molar-refractivity contribution in [3.63, 3.8) is 0 Å². The van der Waals surface area contributed by atoms with Gasteiger partial charge in [0.05, 0.1) is 0 Å². The standard InChI is InChI=1S/C12H8BrF3/c13-12(16)10(14)6-9(7-11(12)15)8-4-2-1-3-5-8/h1-7,10H/t10-,12+/m1/s1. The molecule has 4 heteroatoms. The highest BCUT2D eigenvalue weighted by atomic mass is 79.9. The molecule has 1 aromatic rings. The highest BCUT2D eigenvalue weighted by molar-refractivity contribution is 9.10. The molecule has 0 aromatic heterocycles. The average Bonchev–Trinajstić information content (AvgIpc) is 2.27. The molecule has 0 bridgehead atoms. The Balaban J connectivity index is 2.41. The lowest BCUT2D eigenvalue weighted by Gasteiger charge is -2.23. The minimum Gasteiger partial charge on any atom is -0.238 e. The Kier molecular flexibility index (Phi) is 2.93. The summed E-state index contributed by atoms with van der Waals surface area (Å²) in [5.74, 6) is -1.15. The van der Waals surface area contributed by atoms with E-state index in [2.05, 4.69) is 15.9 Å². The highest BCUT2D eigenvalue weighted by Crippen LogP contribution is 2.42. The lowest BCUT2D eigenvalue weighted by molar-refractivity contribution is 0.183. The zero-order valence-corrected chi connectivity index (χ0v) is 9.72. The van der Waals surface area contributed by atoms with Gasteiger partial charge >= 0.3 is 0 Å². The molecular weight excluding hydrogens is 281 g/mol. The molecule has 0 fully saturated rings. The van der Waals surface area contributed by atoms with Gasteiger partial charge in [-0.2, -0.15) is 0 Å². The van der Waals surface area contributed by atoms with Gasteiger partial charge < -0.3 is 0 Å². The van der Waals surface area contributed by atoms with Crippen molar-refractivity contribution in [1.29, 1.82) is 0 Å². The van der Waals surface area contributed by atoms with Gasteiger partial charge in [0.15, 0.2) is 12.0 Å². The lowest BCUT2D eigenvalue weighted by atomic mass is 9.97. The van der Waals surface area contributed by atoms with E-state index < -0.39 is 16.6 Å². The van der Waals surface area contributed by atoms with Crippen LogP contribution < -0.4 is 0 Å². The summed E-state index contributed by atoms with van der Waals surface area (Å²) in [5, 5.41) is 0. The van der Waals surface area contributed by atoms with E-state index in [0.717, 1.165) is 12.2 Å². The van der Waals surface area contributed by atoms with Crippen molar-refractivity contribution in [2.45, 2.75) is 10.7 Å². The Morgan fingerprint density at radius 3 is 2.38 bits per heavy atom. The van der Waals surface area contributed by atoms with Gasteiger partial charge in [-0.3, -0.25) is 0 Å². The molecule has 0 N–H and O–H groups in total. The van der Waals surface area contributed by atoms with Crippen LogP contribution in [0.15, 0.2) is 48.3 Å². The molecule has 0 aliphatic heterocycles. The van der Waals surface area contributed by atoms with Crippen LogP contribution in [0.5, 0.6) is 0 Å². The smallest absolute Gasteiger partial charge is 0.238 e. The van der Waals surface area contributed by atoms with Crippen LogP contribution in [0.2, 0.25) is 0 Å². The molecule has 16 heavy (non-hydrogen) atoms. The summed E-state index contributed by atoms with van der Waals surface area (Å²) in [7, 11) is 0. The molecular formula is C12H8BrF3. The molecule has 0 amide bonds. The molecule has 0 nitrogen and oxygen atoms in total. The van der Waals surface area contributed by atoms with E-state index in [4.69, 9.17) is 0 Å². The molecule has 1 aliphatic carbocycles. The third-order valence-electron chi connectivity index (χ3n) is 2.38. The average molecular weight is 289 g/mol. The molecule has 84 valence electrons. The number of alkyl halides is 3. The molecule has 0 heterocycles. The fourth-order valence-electron chi connectivity index (χ4n) is 1.49. The van der Waals surface area contributed by atoms with E-state index in [1.54, 1.807) is 30.3 Å². The van der Waals surface area contributed by atoms with Crippen LogP contribution in [0.1, 0.15) is 5.56 Å². The minimum atomic E-state index is -2.73. The van der Waals surface area contributed by atoms with Crippen molar-refractivity contribution in [1.82, 2.24) is 0 Å². The number of hydrogen-bond acceptors (Lipinski definition) is 0. The molecule has 0 saturated heterocycles. The molecule has 0 saturated carbocycles. The summed E-state index contributed by atoms with van der Waals surface area (Å²) in [5.41, 5.74) is 1.00. The second-order valence-electron chi connectivity index (χ2n) is 3.51. The van der Waals surface area contributed by atoms with E-state index in [0.29, 0.717) is 11.1 Å². The first-order valence-corrected chi connectivity index (χ1v) is 5.48. The van der Waals surface area contributed by atoms with Crippen LogP contribution in [0.3, 0.4) is 0 Å². The molecule has 1 aromatic carbocycles. The maximum atomic E-state index is 13.4. The van der Waals surface area contributed by atoms with Crippen LogP contribution in [-0.2, 0) is 0 Å². The predicted molar refractivity (Wildman–Crippen MR) is 61.3 cm³/mol. The summed E-state index contributed by atoms with van der Waals surface area (Å²) in [6.45, 7) is 0. The molecule has 1 aliphatic rings. The lowest BCUT2D eigenvalue weighted by Crippen LogP contribution is -2.29. The Morgan fingerprint density at radius 2 is 1.81 bits per heavy atom. The maximum Gasteiger partial charge on any atom is 0.250 e. The number of rotatable bonds is 1. The van der Waals surface area contributed by atoms with E-state index in [1.807, 2.05) is 0 Å². The van der Waals surface area contributed by atoms with Gasteiger partial charge in [-0.1, -0.05) is 30.3 Å². The normalized spacial score (nSPS) is 29.6. The Bertz CT molecular complexity index is 449. The molecule has 0 radical (unpaired) electrons. The summed E-state index contributed by atoms with van der Waals surface area (Å²) in [4.78, 5) is 0. The van der Waals surface area contributed by atoms with Gasteiger partial charge in [-0.15, -0.1) is 0 Å². The Morgan fingerprint density at radius 1 is 1.19 bits per heavy atom. The van der Waals surface area contributed by atoms with Crippen molar-refractivity contribution < 1.29 is 13.2 Å². The van der Waals surface area contributed by atoms with Crippen LogP contribution in [-0.4, -0.2) is 10.7 Å². The van der Waals surface area contributed by atoms with Gasteiger partial charge in [0.25, 0.3) is 0 Å². The quantitative estimate of drug-likeness (QED) is 0.675. The zero-order valence-electron chi connectivity index (χ0n) is 8.13. The second-order valence-corrected chi connectivity index (χ2v) is 4.66. The van der Waals surface area contributed by atoms with Gasteiger partial charge in [0, 0.05) is 0 Å². The van der Waals surface area contributed by atoms with Gasteiger partial charge in [0.1, 0.15) is 0 Å². The number of allylic oxidation sites excluding steroid dienone is 4. The van der Waals surface area contributed by atoms with Crippen molar-refractivity contribution in [3.8, 4) is 0 Å². The van der Waals surface area contributed by atoms with Crippen molar-refractivity contribution in [2.75, 3.05) is 0 Å². The van der Waals surface area contributed by atoms with Gasteiger partial charge in [-0.25, -0.2) is 13.2 Å². The predicted octanol–water partition coefficient (Wildman–Crippen LogP) is 4.34. The van der Waals surface area contributed by atoms with Gasteiger partial charge in [-0.05, 0) is 39.2 Å². The number of halogens is 4. The second kappa shape index (κ2) is 4.09. The Labute approximate surface area is 99.6 Å². The fraction of sp³-hybridized carbons (Fsp3) is 0.167. The third-order valence-corrected chi connectivity index (χ3v) is 3.20. The molecule has 0 spiro atoms. The first-order valence-electron chi connectivity index (χ1n) is 4.68. The van der Waals surface area contributed by atoms with Crippen molar-refractivity contribution in [3.05, 3.63) is 53.9 Å². The number of hydrogen-bond donors (Lipinski definition) is 0. The highest BCUT2D eigenvalue weighted by Gasteiger charge is 2.43. The summed E-state index contributed by atoms with van der Waals surface area (Å²) in [6.07, 6.45) is 0.0283. The largest absolute Gasteiger partial charge is 0.250 e. The van der Waals surface area contributed by atoms with Crippen LogP contribution in [0, 0.1) is 0 Å². The van der Waals surface area contributed by atoms with E-state index >= 15 is 0 Å². The van der Waals surface area contributed by atoms with E-state index in [1.165, 1.54) is 0 Å². The Hall–Kier alpha value is -1.03. The molecule has 2 atom stereocenters. The van der Waals surface area contributed by atoms with Crippen LogP contribution in [0.4, 0.5) is 13.2 Å². The maximum absolute atomic E-state index is 13.4. The van der Waals surface area contributed by atoms with Crippen LogP contribution >= 0.6 is 15.9 Å². The summed E-state index contributed by atoms with van der Waals surface area (Å²) >= 11 is 2.39. The van der Waals surface area contributed by atoms with Crippen molar-refractivity contribution in [2.24, 2.45) is 0 Å².